The Hall–Kier alpha value is -2.39. The van der Waals surface area contributed by atoms with E-state index in [4.69, 9.17) is 16.3 Å². The van der Waals surface area contributed by atoms with Gasteiger partial charge in [-0.2, -0.15) is 0 Å². The van der Waals surface area contributed by atoms with E-state index in [9.17, 15) is 9.59 Å². The summed E-state index contributed by atoms with van der Waals surface area (Å²) in [6, 6.07) is 15.5. The normalized spacial score (nSPS) is 18.3. The van der Waals surface area contributed by atoms with Gasteiger partial charge in [0.25, 0.3) is 5.91 Å². The quantitative estimate of drug-likeness (QED) is 0.501. The minimum atomic E-state index is -0.0882. The third kappa shape index (κ3) is 4.47. The van der Waals surface area contributed by atoms with E-state index in [0.717, 1.165) is 29.0 Å². The molecule has 34 heavy (non-hydrogen) atoms. The number of hydrogen-bond donors (Lipinski definition) is 0. The van der Waals surface area contributed by atoms with Crippen molar-refractivity contribution in [2.45, 2.75) is 38.8 Å². The number of benzene rings is 2. The van der Waals surface area contributed by atoms with Crippen LogP contribution in [0.2, 0.25) is 5.02 Å². The summed E-state index contributed by atoms with van der Waals surface area (Å²) in [6.45, 7) is 3.96. The topological polar surface area (TPSA) is 59.7 Å². The van der Waals surface area contributed by atoms with E-state index in [1.54, 1.807) is 30.2 Å². The lowest BCUT2D eigenvalue weighted by atomic mass is 10.1. The largest absolute Gasteiger partial charge is 0.378 e. The third-order valence-electron chi connectivity index (χ3n) is 6.64. The van der Waals surface area contributed by atoms with E-state index in [0.29, 0.717) is 43.3 Å². The first-order valence-electron chi connectivity index (χ1n) is 11.3. The van der Waals surface area contributed by atoms with Crippen molar-refractivity contribution < 1.29 is 9.53 Å². The summed E-state index contributed by atoms with van der Waals surface area (Å²) >= 11 is 9.59. The van der Waals surface area contributed by atoms with E-state index < -0.39 is 0 Å². The molecule has 0 spiro atoms. The Morgan fingerprint density at radius 1 is 1.06 bits per heavy atom. The molecule has 0 bridgehead atoms. The van der Waals surface area contributed by atoms with Crippen molar-refractivity contribution >= 4 is 33.4 Å². The highest BCUT2D eigenvalue weighted by Gasteiger charge is 2.32. The Kier molecular flexibility index (Phi) is 6.66. The molecule has 2 aromatic carbocycles. The zero-order valence-electron chi connectivity index (χ0n) is 18.9. The molecule has 2 aliphatic heterocycles. The minimum absolute atomic E-state index is 0.0209. The number of amides is 1. The van der Waals surface area contributed by atoms with Crippen LogP contribution in [0.4, 0.5) is 0 Å². The Balaban J connectivity index is 1.45. The number of ether oxygens (including phenoxy) is 1. The second-order valence-corrected chi connectivity index (χ2v) is 10.1. The minimum Gasteiger partial charge on any atom is -0.378 e. The third-order valence-corrected chi connectivity index (χ3v) is 7.87. The molecule has 0 fully saturated rings. The van der Waals surface area contributed by atoms with Crippen molar-refractivity contribution in [1.82, 2.24) is 18.9 Å². The van der Waals surface area contributed by atoms with Gasteiger partial charge in [0.2, 0.25) is 0 Å². The van der Waals surface area contributed by atoms with Crippen LogP contribution in [0.5, 0.6) is 0 Å². The van der Waals surface area contributed by atoms with Crippen LogP contribution < -0.4 is 5.69 Å². The van der Waals surface area contributed by atoms with Gasteiger partial charge < -0.3 is 9.64 Å². The first kappa shape index (κ1) is 23.4. The highest BCUT2D eigenvalue weighted by atomic mass is 79.9. The van der Waals surface area contributed by atoms with Gasteiger partial charge in [0.1, 0.15) is 0 Å². The Bertz CT molecular complexity index is 1270. The standard InChI is InChI=1S/C25H26BrClN4O3/c1-34-19-13-28(12-17-5-3-2-4-6-17)15-22-23-16-29(9-10-30(23)25(33)31(22)14-19)24(32)18-7-8-20(26)21(27)11-18/h2-8,11,19H,9-10,12-16H2,1H3/t19-/m0/s1. The van der Waals surface area contributed by atoms with Crippen molar-refractivity contribution in [3.05, 3.63) is 91.0 Å². The first-order chi connectivity index (χ1) is 16.4. The molecule has 3 heterocycles. The van der Waals surface area contributed by atoms with Gasteiger partial charge in [-0.15, -0.1) is 0 Å². The predicted molar refractivity (Wildman–Crippen MR) is 134 cm³/mol. The molecule has 0 aliphatic carbocycles. The number of halogens is 2. The summed E-state index contributed by atoms with van der Waals surface area (Å²) in [5, 5.41) is 0.500. The molecule has 9 heteroatoms. The van der Waals surface area contributed by atoms with Crippen molar-refractivity contribution in [1.29, 1.82) is 0 Å². The van der Waals surface area contributed by atoms with Crippen molar-refractivity contribution in [2.75, 3.05) is 20.2 Å². The van der Waals surface area contributed by atoms with Crippen molar-refractivity contribution in [3.8, 4) is 0 Å². The maximum Gasteiger partial charge on any atom is 0.328 e. The number of nitrogens with zero attached hydrogens (tertiary/aromatic N) is 4. The molecular formula is C25H26BrClN4O3. The van der Waals surface area contributed by atoms with Crippen LogP contribution in [0.3, 0.4) is 0 Å². The van der Waals surface area contributed by atoms with Gasteiger partial charge in [-0.3, -0.25) is 18.8 Å². The number of aromatic nitrogens is 2. The van der Waals surface area contributed by atoms with Gasteiger partial charge >= 0.3 is 5.69 Å². The molecule has 1 amide bonds. The van der Waals surface area contributed by atoms with Crippen LogP contribution in [0, 0.1) is 0 Å². The maximum atomic E-state index is 13.3. The van der Waals surface area contributed by atoms with Gasteiger partial charge in [0.15, 0.2) is 0 Å². The Morgan fingerprint density at radius 2 is 1.82 bits per heavy atom. The molecule has 0 unspecified atom stereocenters. The molecular weight excluding hydrogens is 520 g/mol. The summed E-state index contributed by atoms with van der Waals surface area (Å²) in [6.07, 6.45) is -0.0882. The van der Waals surface area contributed by atoms with E-state index in [1.165, 1.54) is 5.56 Å². The number of methoxy groups -OCH3 is 1. The second-order valence-electron chi connectivity index (χ2n) is 8.81. The van der Waals surface area contributed by atoms with Crippen LogP contribution in [0.15, 0.2) is 57.8 Å². The zero-order valence-corrected chi connectivity index (χ0v) is 21.3. The van der Waals surface area contributed by atoms with Crippen LogP contribution in [-0.2, 0) is 37.5 Å². The Morgan fingerprint density at radius 3 is 2.56 bits per heavy atom. The number of fused-ring (bicyclic) bond motifs is 3. The fourth-order valence-corrected chi connectivity index (χ4v) is 5.29. The van der Waals surface area contributed by atoms with E-state index in [1.807, 2.05) is 27.3 Å². The molecule has 1 aromatic heterocycles. The molecule has 3 aromatic rings. The van der Waals surface area contributed by atoms with Gasteiger partial charge in [0.05, 0.1) is 35.6 Å². The average Bonchev–Trinajstić information content (AvgIpc) is 2.99. The van der Waals surface area contributed by atoms with Gasteiger partial charge in [-0.05, 0) is 39.7 Å². The molecule has 7 nitrogen and oxygen atoms in total. The predicted octanol–water partition coefficient (Wildman–Crippen LogP) is 3.75. The maximum absolute atomic E-state index is 13.3. The van der Waals surface area contributed by atoms with Crippen LogP contribution >= 0.6 is 27.5 Å². The van der Waals surface area contributed by atoms with Gasteiger partial charge in [-0.25, -0.2) is 4.79 Å². The fraction of sp³-hybridized carbons (Fsp3) is 0.360. The van der Waals surface area contributed by atoms with Crippen LogP contribution in [0.25, 0.3) is 0 Å². The molecule has 0 N–H and O–H groups in total. The van der Waals surface area contributed by atoms with Crippen molar-refractivity contribution in [3.63, 3.8) is 0 Å². The molecule has 2 aliphatic rings. The zero-order chi connectivity index (χ0) is 23.8. The molecule has 0 radical (unpaired) electrons. The smallest absolute Gasteiger partial charge is 0.328 e. The second kappa shape index (κ2) is 9.70. The molecule has 5 rings (SSSR count). The Labute approximate surface area is 211 Å². The van der Waals surface area contributed by atoms with Gasteiger partial charge in [0, 0.05) is 49.9 Å². The number of hydrogen-bond acceptors (Lipinski definition) is 4. The average molecular weight is 546 g/mol. The highest BCUT2D eigenvalue weighted by molar-refractivity contribution is 9.10. The molecule has 178 valence electrons. The van der Waals surface area contributed by atoms with E-state index in [2.05, 4.69) is 33.0 Å². The number of imidazole rings is 1. The van der Waals surface area contributed by atoms with Crippen molar-refractivity contribution in [2.24, 2.45) is 0 Å². The number of carbonyl (C=O) groups is 1. The van der Waals surface area contributed by atoms with E-state index in [-0.39, 0.29) is 17.7 Å². The van der Waals surface area contributed by atoms with Gasteiger partial charge in [-0.1, -0.05) is 41.9 Å². The lowest BCUT2D eigenvalue weighted by molar-refractivity contribution is 0.0554. The molecule has 0 saturated heterocycles. The van der Waals surface area contributed by atoms with E-state index >= 15 is 0 Å². The summed E-state index contributed by atoms with van der Waals surface area (Å²) < 4.78 is 10.2. The summed E-state index contributed by atoms with van der Waals surface area (Å²) in [5.74, 6) is -0.0856. The monoisotopic (exact) mass is 544 g/mol. The lowest BCUT2D eigenvalue weighted by Crippen LogP contribution is -2.41. The number of carbonyl (C=O) groups excluding carboxylic acids is 1. The van der Waals surface area contributed by atoms with Crippen LogP contribution in [-0.4, -0.2) is 51.1 Å². The summed E-state index contributed by atoms with van der Waals surface area (Å²) in [5.41, 5.74) is 3.60. The molecule has 1 atom stereocenters. The highest BCUT2D eigenvalue weighted by Crippen LogP contribution is 2.26. The molecule has 0 saturated carbocycles. The summed E-state index contributed by atoms with van der Waals surface area (Å²) in [7, 11) is 1.70. The van der Waals surface area contributed by atoms with Crippen LogP contribution in [0.1, 0.15) is 27.3 Å². The number of rotatable bonds is 4. The SMILES string of the molecule is CO[C@H]1CN(Cc2ccccc2)Cc2c3n(c(=O)n2C1)CCN(C(=O)c1ccc(Br)c(Cl)c1)C3. The first-order valence-corrected chi connectivity index (χ1v) is 12.5. The summed E-state index contributed by atoms with van der Waals surface area (Å²) in [4.78, 5) is 30.7. The lowest BCUT2D eigenvalue weighted by Gasteiger charge is -2.29. The fourth-order valence-electron chi connectivity index (χ4n) is 4.86.